The van der Waals surface area contributed by atoms with Gasteiger partial charge in [-0.05, 0) is 56.7 Å². The second-order valence-electron chi connectivity index (χ2n) is 5.79. The highest BCUT2D eigenvalue weighted by Gasteiger charge is 2.44. The molecule has 2 aromatic rings. The number of nitrogens with zero attached hydrogens (tertiary/aromatic N) is 3. The predicted molar refractivity (Wildman–Crippen MR) is 83.4 cm³/mol. The largest absolute Gasteiger partial charge is 0.325 e. The maximum absolute atomic E-state index is 12.9. The van der Waals surface area contributed by atoms with Gasteiger partial charge in [0.05, 0.1) is 4.88 Å². The number of aromatic nitrogens is 2. The first-order valence-corrected chi connectivity index (χ1v) is 8.06. The zero-order chi connectivity index (χ0) is 15.0. The Hall–Kier alpha value is -1.75. The number of carbonyl (C=O) groups is 1. The fourth-order valence-corrected chi connectivity index (χ4v) is 3.82. The van der Waals surface area contributed by atoms with Crippen molar-refractivity contribution >= 4 is 17.2 Å². The molecule has 5 heteroatoms. The molecule has 0 aliphatic carbocycles. The number of amides is 1. The second-order valence-corrected chi connectivity index (χ2v) is 6.70. The van der Waals surface area contributed by atoms with Gasteiger partial charge < -0.3 is 4.90 Å². The monoisotopic (exact) mass is 301 g/mol. The van der Waals surface area contributed by atoms with Crippen molar-refractivity contribution < 1.29 is 4.79 Å². The molecule has 1 saturated heterocycles. The lowest BCUT2D eigenvalue weighted by Gasteiger charge is -2.33. The molecule has 0 spiro atoms. The van der Waals surface area contributed by atoms with Gasteiger partial charge in [0.25, 0.3) is 5.91 Å². The standard InChI is InChI=1S/C16H19N3OS/c1-11-6-10-21-13(11)14(20)19-9-4-7-16(19,3)15-17-8-5-12(2)18-15/h5-6,8,10H,4,7,9H2,1-3H3/t16-/m0/s1. The average Bonchev–Trinajstić information content (AvgIpc) is 3.05. The van der Waals surface area contributed by atoms with E-state index in [1.807, 2.05) is 36.3 Å². The normalized spacial score (nSPS) is 21.8. The van der Waals surface area contributed by atoms with E-state index >= 15 is 0 Å². The first kappa shape index (κ1) is 14.2. The van der Waals surface area contributed by atoms with Crippen LogP contribution in [0.25, 0.3) is 0 Å². The van der Waals surface area contributed by atoms with Crippen molar-refractivity contribution in [1.29, 1.82) is 0 Å². The summed E-state index contributed by atoms with van der Waals surface area (Å²) >= 11 is 1.51. The van der Waals surface area contributed by atoms with Gasteiger partial charge in [-0.25, -0.2) is 9.97 Å². The van der Waals surface area contributed by atoms with E-state index in [4.69, 9.17) is 0 Å². The summed E-state index contributed by atoms with van der Waals surface area (Å²) in [5, 5.41) is 1.97. The lowest BCUT2D eigenvalue weighted by molar-refractivity contribution is 0.0608. The summed E-state index contributed by atoms with van der Waals surface area (Å²) in [7, 11) is 0. The van der Waals surface area contributed by atoms with Crippen molar-refractivity contribution in [2.24, 2.45) is 0 Å². The van der Waals surface area contributed by atoms with Crippen LogP contribution in [0.1, 0.15) is 46.5 Å². The summed E-state index contributed by atoms with van der Waals surface area (Å²) in [6.07, 6.45) is 3.68. The Kier molecular flexibility index (Phi) is 3.53. The van der Waals surface area contributed by atoms with Gasteiger partial charge in [0, 0.05) is 18.4 Å². The molecule has 0 N–H and O–H groups in total. The second kappa shape index (κ2) is 5.22. The molecule has 2 aromatic heterocycles. The minimum absolute atomic E-state index is 0.104. The molecule has 0 bridgehead atoms. The minimum Gasteiger partial charge on any atom is -0.325 e. The van der Waals surface area contributed by atoms with Crippen molar-refractivity contribution in [2.45, 2.75) is 39.2 Å². The van der Waals surface area contributed by atoms with Gasteiger partial charge in [-0.3, -0.25) is 4.79 Å². The predicted octanol–water partition coefficient (Wildman–Crippen LogP) is 3.31. The summed E-state index contributed by atoms with van der Waals surface area (Å²) in [6.45, 7) is 6.79. The smallest absolute Gasteiger partial charge is 0.265 e. The van der Waals surface area contributed by atoms with Crippen LogP contribution in [-0.4, -0.2) is 27.3 Å². The maximum atomic E-state index is 12.9. The number of hydrogen-bond acceptors (Lipinski definition) is 4. The van der Waals surface area contributed by atoms with Crippen LogP contribution >= 0.6 is 11.3 Å². The molecule has 1 aliphatic rings. The van der Waals surface area contributed by atoms with Gasteiger partial charge in [0.15, 0.2) is 5.82 Å². The van der Waals surface area contributed by atoms with Crippen molar-refractivity contribution in [2.75, 3.05) is 6.54 Å². The van der Waals surface area contributed by atoms with Crippen molar-refractivity contribution in [3.63, 3.8) is 0 Å². The molecule has 4 nitrogen and oxygen atoms in total. The van der Waals surface area contributed by atoms with E-state index in [2.05, 4.69) is 16.9 Å². The minimum atomic E-state index is -0.403. The van der Waals surface area contributed by atoms with Crippen LogP contribution in [-0.2, 0) is 5.54 Å². The van der Waals surface area contributed by atoms with Crippen molar-refractivity contribution in [3.05, 3.63) is 45.7 Å². The Morgan fingerprint density at radius 2 is 2.19 bits per heavy atom. The van der Waals surface area contributed by atoms with Gasteiger partial charge in [0.1, 0.15) is 5.54 Å². The molecular formula is C16H19N3OS. The summed E-state index contributed by atoms with van der Waals surface area (Å²) in [4.78, 5) is 24.6. The molecule has 0 unspecified atom stereocenters. The first-order chi connectivity index (χ1) is 10.0. The Bertz CT molecular complexity index is 682. The van der Waals surface area contributed by atoms with E-state index in [1.165, 1.54) is 11.3 Å². The van der Waals surface area contributed by atoms with E-state index in [0.717, 1.165) is 41.3 Å². The molecule has 0 aromatic carbocycles. The molecular weight excluding hydrogens is 282 g/mol. The quantitative estimate of drug-likeness (QED) is 0.855. The third-order valence-corrected chi connectivity index (χ3v) is 5.22. The van der Waals surface area contributed by atoms with E-state index in [0.29, 0.717) is 0 Å². The Morgan fingerprint density at radius 3 is 2.86 bits per heavy atom. The van der Waals surface area contributed by atoms with E-state index in [9.17, 15) is 4.79 Å². The lowest BCUT2D eigenvalue weighted by atomic mass is 9.97. The lowest BCUT2D eigenvalue weighted by Crippen LogP contribution is -2.44. The van der Waals surface area contributed by atoms with Crippen LogP contribution in [0.4, 0.5) is 0 Å². The van der Waals surface area contributed by atoms with Crippen LogP contribution in [0.15, 0.2) is 23.7 Å². The summed E-state index contributed by atoms with van der Waals surface area (Å²) in [5.41, 5.74) is 1.58. The Balaban J connectivity index is 1.99. The maximum Gasteiger partial charge on any atom is 0.265 e. The zero-order valence-electron chi connectivity index (χ0n) is 12.6. The third-order valence-electron chi connectivity index (χ3n) is 4.22. The van der Waals surface area contributed by atoms with E-state index in [1.54, 1.807) is 6.20 Å². The molecule has 21 heavy (non-hydrogen) atoms. The van der Waals surface area contributed by atoms with Crippen LogP contribution < -0.4 is 0 Å². The molecule has 0 saturated carbocycles. The number of carbonyl (C=O) groups excluding carboxylic acids is 1. The number of likely N-dealkylation sites (tertiary alicyclic amines) is 1. The highest BCUT2D eigenvalue weighted by molar-refractivity contribution is 7.12. The molecule has 1 aliphatic heterocycles. The zero-order valence-corrected chi connectivity index (χ0v) is 13.4. The number of thiophene rings is 1. The van der Waals surface area contributed by atoms with Crippen LogP contribution in [0.2, 0.25) is 0 Å². The average molecular weight is 301 g/mol. The molecule has 1 fully saturated rings. The molecule has 1 atom stereocenters. The van der Waals surface area contributed by atoms with Gasteiger partial charge in [-0.15, -0.1) is 11.3 Å². The Morgan fingerprint density at radius 1 is 1.38 bits per heavy atom. The molecule has 3 rings (SSSR count). The fraction of sp³-hybridized carbons (Fsp3) is 0.438. The molecule has 3 heterocycles. The summed E-state index contributed by atoms with van der Waals surface area (Å²) < 4.78 is 0. The highest BCUT2D eigenvalue weighted by Crippen LogP contribution is 2.38. The summed E-state index contributed by atoms with van der Waals surface area (Å²) in [5.74, 6) is 0.857. The molecule has 0 radical (unpaired) electrons. The summed E-state index contributed by atoms with van der Waals surface area (Å²) in [6, 6.07) is 3.88. The van der Waals surface area contributed by atoms with Gasteiger partial charge >= 0.3 is 0 Å². The highest BCUT2D eigenvalue weighted by atomic mass is 32.1. The number of hydrogen-bond donors (Lipinski definition) is 0. The van der Waals surface area contributed by atoms with Crippen LogP contribution in [0.5, 0.6) is 0 Å². The van der Waals surface area contributed by atoms with Crippen LogP contribution in [0.3, 0.4) is 0 Å². The van der Waals surface area contributed by atoms with E-state index < -0.39 is 5.54 Å². The molecule has 1 amide bonds. The third kappa shape index (κ3) is 2.35. The van der Waals surface area contributed by atoms with Gasteiger partial charge in [-0.1, -0.05) is 0 Å². The van der Waals surface area contributed by atoms with E-state index in [-0.39, 0.29) is 5.91 Å². The topological polar surface area (TPSA) is 46.1 Å². The van der Waals surface area contributed by atoms with Crippen molar-refractivity contribution in [3.8, 4) is 0 Å². The van der Waals surface area contributed by atoms with Crippen molar-refractivity contribution in [1.82, 2.24) is 14.9 Å². The first-order valence-electron chi connectivity index (χ1n) is 7.18. The SMILES string of the molecule is Cc1ccnc([C@]2(C)CCCN2C(=O)c2sccc2C)n1. The van der Waals surface area contributed by atoms with Gasteiger partial charge in [-0.2, -0.15) is 0 Å². The number of aryl methyl sites for hydroxylation is 2. The Labute approximate surface area is 128 Å². The number of rotatable bonds is 2. The fourth-order valence-electron chi connectivity index (χ4n) is 2.94. The van der Waals surface area contributed by atoms with Gasteiger partial charge in [0.2, 0.25) is 0 Å². The van der Waals surface area contributed by atoms with Crippen LogP contribution in [0, 0.1) is 13.8 Å². The molecule has 110 valence electrons.